The van der Waals surface area contributed by atoms with E-state index in [0.717, 1.165) is 82.8 Å². The Hall–Kier alpha value is -5.90. The molecule has 0 spiro atoms. The van der Waals surface area contributed by atoms with Crippen molar-refractivity contribution in [3.8, 4) is 0 Å². The molecule has 0 bridgehead atoms. The van der Waals surface area contributed by atoms with Gasteiger partial charge in [0.05, 0.1) is 22.7 Å². The number of anilines is 4. The molecule has 1 heterocycles. The third-order valence-electron chi connectivity index (χ3n) is 9.09. The summed E-state index contributed by atoms with van der Waals surface area (Å²) >= 11 is 0. The average molecular weight is 697 g/mol. The van der Waals surface area contributed by atoms with Crippen LogP contribution in [0.25, 0.3) is 0 Å². The van der Waals surface area contributed by atoms with E-state index in [1.54, 1.807) is 23.6 Å². The molecule has 0 aromatic heterocycles. The molecule has 52 heavy (non-hydrogen) atoms. The maximum absolute atomic E-state index is 12.5. The highest BCUT2D eigenvalue weighted by molar-refractivity contribution is 6.05. The van der Waals surface area contributed by atoms with Gasteiger partial charge in [-0.1, -0.05) is 13.2 Å². The highest BCUT2D eigenvalue weighted by atomic mass is 16.2. The molecule has 0 saturated carbocycles. The van der Waals surface area contributed by atoms with Gasteiger partial charge >= 0.3 is 0 Å². The fraction of sp³-hybridized carbons (Fsp3) is 0.286. The van der Waals surface area contributed by atoms with Gasteiger partial charge in [0.25, 0.3) is 11.8 Å². The van der Waals surface area contributed by atoms with E-state index in [1.165, 1.54) is 0 Å². The lowest BCUT2D eigenvalue weighted by atomic mass is 10.1. The van der Waals surface area contributed by atoms with E-state index in [0.29, 0.717) is 24.2 Å². The number of piperazine rings is 1. The molecule has 0 radical (unpaired) electrons. The van der Waals surface area contributed by atoms with Gasteiger partial charge < -0.3 is 19.6 Å². The van der Waals surface area contributed by atoms with Crippen molar-refractivity contribution < 1.29 is 9.59 Å². The number of azo groups is 2. The second-order valence-corrected chi connectivity index (χ2v) is 13.0. The summed E-state index contributed by atoms with van der Waals surface area (Å²) in [5.41, 5.74) is 9.94. The fourth-order valence-electron chi connectivity index (χ4n) is 6.09. The predicted octanol–water partition coefficient (Wildman–Crippen LogP) is 10.3. The number of carbonyl (C=O) groups is 2. The Labute approximate surface area is 307 Å². The van der Waals surface area contributed by atoms with Crippen LogP contribution >= 0.6 is 0 Å². The lowest BCUT2D eigenvalue weighted by molar-refractivity contribution is -0.115. The summed E-state index contributed by atoms with van der Waals surface area (Å²) in [4.78, 5) is 33.2. The van der Waals surface area contributed by atoms with E-state index in [-0.39, 0.29) is 11.8 Å². The summed E-state index contributed by atoms with van der Waals surface area (Å²) in [5.74, 6) is -0.166. The first kappa shape index (κ1) is 37.4. The first-order chi connectivity index (χ1) is 25.0. The number of carbonyl (C=O) groups excluding carboxylic acids is 2. The zero-order chi connectivity index (χ0) is 37.4. The van der Waals surface area contributed by atoms with Crippen molar-refractivity contribution in [3.63, 3.8) is 0 Å². The summed E-state index contributed by atoms with van der Waals surface area (Å²) in [6.45, 7) is 23.6. The van der Waals surface area contributed by atoms with Gasteiger partial charge in [-0.3, -0.25) is 9.59 Å². The Morgan fingerprint density at radius 3 is 1.21 bits per heavy atom. The number of nitrogens with zero attached hydrogens (tertiary/aromatic N) is 8. The number of amides is 2. The van der Waals surface area contributed by atoms with Crippen LogP contribution in [0.15, 0.2) is 130 Å². The monoisotopic (exact) mass is 696 g/mol. The Morgan fingerprint density at radius 1 is 0.577 bits per heavy atom. The molecular formula is C42H48N8O2. The van der Waals surface area contributed by atoms with Gasteiger partial charge in [0.2, 0.25) is 0 Å². The summed E-state index contributed by atoms with van der Waals surface area (Å²) < 4.78 is 0. The Balaban J connectivity index is 1.14. The van der Waals surface area contributed by atoms with E-state index in [9.17, 15) is 9.59 Å². The highest BCUT2D eigenvalue weighted by Crippen LogP contribution is 2.31. The summed E-state index contributed by atoms with van der Waals surface area (Å²) in [6.07, 6.45) is 0. The second kappa shape index (κ2) is 16.9. The Morgan fingerprint density at radius 2 is 0.923 bits per heavy atom. The van der Waals surface area contributed by atoms with Crippen LogP contribution in [0.4, 0.5) is 45.5 Å². The molecule has 4 aromatic rings. The predicted molar refractivity (Wildman–Crippen MR) is 214 cm³/mol. The summed E-state index contributed by atoms with van der Waals surface area (Å²) in [7, 11) is 0. The van der Waals surface area contributed by atoms with Crippen molar-refractivity contribution in [2.45, 2.75) is 41.5 Å². The van der Waals surface area contributed by atoms with Crippen molar-refractivity contribution in [2.24, 2.45) is 20.5 Å². The molecule has 0 atom stereocenters. The number of hydrogen-bond donors (Lipinski definition) is 0. The van der Waals surface area contributed by atoms with Crippen molar-refractivity contribution in [1.82, 2.24) is 0 Å². The van der Waals surface area contributed by atoms with Gasteiger partial charge in [0.1, 0.15) is 0 Å². The van der Waals surface area contributed by atoms with Crippen LogP contribution in [0, 0.1) is 13.8 Å². The van der Waals surface area contributed by atoms with Crippen molar-refractivity contribution in [3.05, 3.63) is 120 Å². The van der Waals surface area contributed by atoms with E-state index in [2.05, 4.69) is 67.7 Å². The van der Waals surface area contributed by atoms with Crippen LogP contribution < -0.4 is 19.6 Å². The Kier molecular flexibility index (Phi) is 12.1. The lowest BCUT2D eigenvalue weighted by Gasteiger charge is -2.37. The first-order valence-corrected chi connectivity index (χ1v) is 17.7. The quantitative estimate of drug-likeness (QED) is 0.109. The maximum atomic E-state index is 12.5. The second-order valence-electron chi connectivity index (χ2n) is 13.0. The third kappa shape index (κ3) is 8.87. The molecule has 1 saturated heterocycles. The number of rotatable bonds is 12. The molecule has 1 aliphatic rings. The van der Waals surface area contributed by atoms with E-state index >= 15 is 0 Å². The van der Waals surface area contributed by atoms with Crippen molar-refractivity contribution in [1.29, 1.82) is 0 Å². The summed E-state index contributed by atoms with van der Waals surface area (Å²) in [5, 5.41) is 17.9. The minimum atomic E-state index is -0.0828. The third-order valence-corrected chi connectivity index (χ3v) is 9.09. The molecule has 10 nitrogen and oxygen atoms in total. The van der Waals surface area contributed by atoms with Crippen LogP contribution in [-0.2, 0) is 9.59 Å². The van der Waals surface area contributed by atoms with Crippen LogP contribution in [0.3, 0.4) is 0 Å². The zero-order valence-electron chi connectivity index (χ0n) is 31.1. The molecule has 1 fully saturated rings. The molecular weight excluding hydrogens is 649 g/mol. The zero-order valence-corrected chi connectivity index (χ0v) is 31.1. The standard InChI is InChI=1S/C42H48N8O2/c1-9-49(41(51)29(3)4)37-19-21-39(31(7)27-37)45-43-33-11-15-35(16-12-33)47-23-25-48(26-24-47)36-17-13-34(14-18-36)44-46-40-22-20-38(28-32(40)8)50(10-2)42(52)30(5)6/h11-22,27-28H,3,5,9-10,23-26H2,1-2,4,6-8H3/b45-43+,46-44+. The molecule has 0 aliphatic carbocycles. The molecule has 5 rings (SSSR count). The number of likely N-dealkylation sites (N-methyl/N-ethyl adjacent to an activating group) is 2. The smallest absolute Gasteiger partial charge is 0.253 e. The molecule has 1 aliphatic heterocycles. The normalized spacial score (nSPS) is 13.1. The molecule has 2 amide bonds. The molecule has 4 aromatic carbocycles. The van der Waals surface area contributed by atoms with Crippen molar-refractivity contribution >= 4 is 57.3 Å². The van der Waals surface area contributed by atoms with Crippen LogP contribution in [0.2, 0.25) is 0 Å². The summed E-state index contributed by atoms with van der Waals surface area (Å²) in [6, 6.07) is 27.9. The lowest BCUT2D eigenvalue weighted by Crippen LogP contribution is -2.46. The van der Waals surface area contributed by atoms with Crippen LogP contribution in [0.5, 0.6) is 0 Å². The van der Waals surface area contributed by atoms with Gasteiger partial charge in [-0.2, -0.15) is 20.5 Å². The first-order valence-electron chi connectivity index (χ1n) is 17.7. The Bertz CT molecular complexity index is 1850. The highest BCUT2D eigenvalue weighted by Gasteiger charge is 2.19. The largest absolute Gasteiger partial charge is 0.368 e. The van der Waals surface area contributed by atoms with Gasteiger partial charge in [0.15, 0.2) is 0 Å². The number of hydrogen-bond acceptors (Lipinski definition) is 8. The minimum absolute atomic E-state index is 0.0828. The van der Waals surface area contributed by atoms with Crippen LogP contribution in [0.1, 0.15) is 38.8 Å². The van der Waals surface area contributed by atoms with Gasteiger partial charge in [0, 0.05) is 73.2 Å². The number of benzene rings is 4. The molecule has 0 unspecified atom stereocenters. The fourth-order valence-corrected chi connectivity index (χ4v) is 6.09. The number of aryl methyl sites for hydroxylation is 2. The van der Waals surface area contributed by atoms with E-state index in [4.69, 9.17) is 0 Å². The maximum Gasteiger partial charge on any atom is 0.253 e. The SMILES string of the molecule is C=C(C)C(=O)N(CC)c1ccc(/N=N/c2ccc(N3CCN(c4ccc(/N=N/c5ccc(N(CC)C(=O)C(=C)C)cc5C)cc4)CC3)cc2)c(C)c1. The van der Waals surface area contributed by atoms with Gasteiger partial charge in [-0.25, -0.2) is 0 Å². The topological polar surface area (TPSA) is 96.5 Å². The minimum Gasteiger partial charge on any atom is -0.368 e. The average Bonchev–Trinajstić information content (AvgIpc) is 3.15. The molecule has 0 N–H and O–H groups in total. The van der Waals surface area contributed by atoms with Gasteiger partial charge in [-0.15, -0.1) is 0 Å². The van der Waals surface area contributed by atoms with Gasteiger partial charge in [-0.05, 0) is 138 Å². The van der Waals surface area contributed by atoms with Crippen molar-refractivity contribution in [2.75, 3.05) is 58.9 Å². The molecule has 268 valence electrons. The van der Waals surface area contributed by atoms with Crippen LogP contribution in [-0.4, -0.2) is 51.1 Å². The van der Waals surface area contributed by atoms with E-state index in [1.807, 2.05) is 88.4 Å². The molecule has 10 heteroatoms. The van der Waals surface area contributed by atoms with E-state index < -0.39 is 0 Å².